The summed E-state index contributed by atoms with van der Waals surface area (Å²) >= 11 is 0. The lowest BCUT2D eigenvalue weighted by Gasteiger charge is -2.60. The molecule has 0 aliphatic carbocycles. The van der Waals surface area contributed by atoms with E-state index in [9.17, 15) is 86.2 Å². The molecule has 4 rings (SSSR count). The minimum Gasteiger partial charge on any atom is -0.394 e. The van der Waals surface area contributed by atoms with Crippen LogP contribution in [0.5, 0.6) is 0 Å². The summed E-state index contributed by atoms with van der Waals surface area (Å²) in [6, 6.07) is -3.45. The number of rotatable bonds is 13. The number of aliphatic hydroxyl groups excluding tert-OH is 14. The van der Waals surface area contributed by atoms with Crippen LogP contribution in [0.4, 0.5) is 0 Å². The minimum absolute atomic E-state index is 0.753. The molecule has 17 N–H and O–H groups in total. The molecule has 0 bridgehead atoms. The SMILES string of the molecule is CC(=O)N[C@H]1[C@H]([C@H](O)[C@H](O)CO)O[C@](O)(CC2O[C@H](CO)[C@H](O)[C@H](O)[C@]2(OC2O[C@H](CO)[C@H](O)[C@H](O)[C@H]2O)C2O[C@H](CO)[C@H](O)[C@H](O)[C@H]2NC(C)=O)C[C@@H]1O. The lowest BCUT2D eigenvalue weighted by Crippen LogP contribution is -2.81. The molecule has 4 saturated heterocycles. The van der Waals surface area contributed by atoms with Crippen LogP contribution in [0.3, 0.4) is 0 Å². The van der Waals surface area contributed by atoms with Crippen molar-refractivity contribution in [2.75, 3.05) is 26.4 Å². The smallest absolute Gasteiger partial charge is 0.217 e. The van der Waals surface area contributed by atoms with Gasteiger partial charge in [0.15, 0.2) is 17.7 Å². The number of nitrogens with one attached hydrogen (secondary N) is 2. The largest absolute Gasteiger partial charge is 0.394 e. The summed E-state index contributed by atoms with van der Waals surface area (Å²) in [5, 5.41) is 166. The van der Waals surface area contributed by atoms with Gasteiger partial charge in [0.1, 0.15) is 85.5 Å². The summed E-state index contributed by atoms with van der Waals surface area (Å²) in [7, 11) is 0. The molecule has 55 heavy (non-hydrogen) atoms. The van der Waals surface area contributed by atoms with E-state index in [1.165, 1.54) is 0 Å². The molecule has 24 heteroatoms. The van der Waals surface area contributed by atoms with Crippen molar-refractivity contribution in [2.24, 2.45) is 0 Å². The van der Waals surface area contributed by atoms with E-state index < -0.39 is 179 Å². The number of carbonyl (C=O) groups excluding carboxylic acids is 2. The monoisotopic (exact) mass is 806 g/mol. The standard InChI is InChI=1S/C31H54N2O22/c1-9(38)32-17-11(40)3-30(50,54-26(17)19(42)12(41)5-34)4-16-31(27(49)22(45)15(8-37)51-16,55-29-25(48)24(47)21(44)14(7-36)53-29)28-18(33-10(2)39)23(46)20(43)13(6-35)52-28/h11-29,34-37,40-50H,3-8H2,1-2H3,(H,32,38)(H,33,39)/t11-,12+,13+,14+,15+,16?,17+,18+,19+,20-,21-,22-,23+,24-,25+,26+,27-,28?,29?,30-,31-/m0/s1. The molecule has 24 nitrogen and oxygen atoms in total. The predicted octanol–water partition coefficient (Wildman–Crippen LogP) is -10.5. The molecule has 0 aromatic carbocycles. The number of ether oxygens (including phenoxy) is 5. The molecule has 4 aliphatic rings. The van der Waals surface area contributed by atoms with Gasteiger partial charge in [-0.15, -0.1) is 0 Å². The first kappa shape index (κ1) is 45.8. The number of carbonyl (C=O) groups is 2. The Bertz CT molecular complexity index is 1290. The summed E-state index contributed by atoms with van der Waals surface area (Å²) in [5.74, 6) is -4.47. The topological polar surface area (TPSA) is 408 Å². The maximum absolute atomic E-state index is 12.5. The predicted molar refractivity (Wildman–Crippen MR) is 172 cm³/mol. The molecular weight excluding hydrogens is 752 g/mol. The fourth-order valence-electron chi connectivity index (χ4n) is 7.74. The molecule has 2 amide bonds. The second kappa shape index (κ2) is 18.4. The zero-order chi connectivity index (χ0) is 41.3. The second-order valence-electron chi connectivity index (χ2n) is 14.4. The van der Waals surface area contributed by atoms with Crippen LogP contribution < -0.4 is 10.6 Å². The van der Waals surface area contributed by atoms with Crippen LogP contribution in [-0.2, 0) is 33.3 Å². The van der Waals surface area contributed by atoms with E-state index in [1.807, 2.05) is 0 Å². The van der Waals surface area contributed by atoms with Gasteiger partial charge in [0.25, 0.3) is 0 Å². The fraction of sp³-hybridized carbons (Fsp3) is 0.935. The van der Waals surface area contributed by atoms with E-state index in [2.05, 4.69) is 10.6 Å². The molecule has 4 fully saturated rings. The van der Waals surface area contributed by atoms with E-state index in [1.54, 1.807) is 0 Å². The van der Waals surface area contributed by atoms with Gasteiger partial charge in [0.2, 0.25) is 11.8 Å². The molecule has 0 aromatic rings. The maximum Gasteiger partial charge on any atom is 0.217 e. The van der Waals surface area contributed by atoms with E-state index >= 15 is 0 Å². The van der Waals surface area contributed by atoms with Gasteiger partial charge in [-0.05, 0) is 0 Å². The van der Waals surface area contributed by atoms with Gasteiger partial charge in [0.05, 0.1) is 50.7 Å². The highest BCUT2D eigenvalue weighted by atomic mass is 16.7. The van der Waals surface area contributed by atoms with Crippen molar-refractivity contribution in [3.63, 3.8) is 0 Å². The van der Waals surface area contributed by atoms with Gasteiger partial charge >= 0.3 is 0 Å². The van der Waals surface area contributed by atoms with E-state index in [-0.39, 0.29) is 0 Å². The van der Waals surface area contributed by atoms with Crippen LogP contribution in [0, 0.1) is 0 Å². The van der Waals surface area contributed by atoms with Gasteiger partial charge in [-0.25, -0.2) is 0 Å². The van der Waals surface area contributed by atoms with E-state index in [4.69, 9.17) is 23.7 Å². The van der Waals surface area contributed by atoms with Gasteiger partial charge in [-0.3, -0.25) is 9.59 Å². The van der Waals surface area contributed by atoms with Crippen LogP contribution in [0.1, 0.15) is 26.7 Å². The summed E-state index contributed by atoms with van der Waals surface area (Å²) in [4.78, 5) is 24.5. The van der Waals surface area contributed by atoms with Crippen LogP contribution in [0.15, 0.2) is 0 Å². The highest BCUT2D eigenvalue weighted by molar-refractivity contribution is 5.73. The number of aliphatic hydroxyl groups is 15. The summed E-state index contributed by atoms with van der Waals surface area (Å²) < 4.78 is 29.4. The van der Waals surface area contributed by atoms with Gasteiger partial charge in [-0.2, -0.15) is 0 Å². The lowest BCUT2D eigenvalue weighted by molar-refractivity contribution is -0.408. The van der Waals surface area contributed by atoms with Crippen molar-refractivity contribution < 1.29 is 110 Å². The molecule has 21 atom stereocenters. The molecule has 0 saturated carbocycles. The third kappa shape index (κ3) is 9.08. The Hall–Kier alpha value is -1.86. The van der Waals surface area contributed by atoms with E-state index in [0.29, 0.717) is 0 Å². The van der Waals surface area contributed by atoms with Crippen molar-refractivity contribution in [3.8, 4) is 0 Å². The Labute approximate surface area is 313 Å². The van der Waals surface area contributed by atoms with E-state index in [0.717, 1.165) is 13.8 Å². The van der Waals surface area contributed by atoms with Crippen LogP contribution in [-0.4, -0.2) is 242 Å². The Morgan fingerprint density at radius 1 is 0.727 bits per heavy atom. The average Bonchev–Trinajstić information content (AvgIpc) is 3.13. The van der Waals surface area contributed by atoms with Crippen LogP contribution >= 0.6 is 0 Å². The Morgan fingerprint density at radius 2 is 1.25 bits per heavy atom. The quantitative estimate of drug-likeness (QED) is 0.0821. The Balaban J connectivity index is 1.95. The second-order valence-corrected chi connectivity index (χ2v) is 14.4. The van der Waals surface area contributed by atoms with Gasteiger partial charge < -0.3 is 111 Å². The van der Waals surface area contributed by atoms with Crippen LogP contribution in [0.2, 0.25) is 0 Å². The maximum atomic E-state index is 12.5. The molecule has 4 heterocycles. The summed E-state index contributed by atoms with van der Waals surface area (Å²) in [6.45, 7) is -2.14. The summed E-state index contributed by atoms with van der Waals surface area (Å²) in [6.07, 6.45) is -36.7. The zero-order valence-corrected chi connectivity index (χ0v) is 29.8. The molecule has 3 unspecified atom stereocenters. The normalized spacial score (nSPS) is 47.8. The van der Waals surface area contributed by atoms with Crippen molar-refractivity contribution >= 4 is 11.8 Å². The number of amides is 2. The Kier molecular flexibility index (Phi) is 15.3. The summed E-state index contributed by atoms with van der Waals surface area (Å²) in [5.41, 5.74) is -3.00. The fourth-order valence-corrected chi connectivity index (χ4v) is 7.74. The third-order valence-electron chi connectivity index (χ3n) is 10.5. The molecule has 320 valence electrons. The van der Waals surface area contributed by atoms with Crippen molar-refractivity contribution in [1.29, 1.82) is 0 Å². The first-order valence-corrected chi connectivity index (χ1v) is 17.5. The molecule has 0 radical (unpaired) electrons. The zero-order valence-electron chi connectivity index (χ0n) is 29.8. The highest BCUT2D eigenvalue weighted by Crippen LogP contribution is 2.47. The van der Waals surface area contributed by atoms with Crippen molar-refractivity contribution in [2.45, 2.75) is 154 Å². The van der Waals surface area contributed by atoms with Gasteiger partial charge in [0, 0.05) is 26.7 Å². The first-order valence-electron chi connectivity index (χ1n) is 17.5. The molecular formula is C31H54N2O22. The number of hydrogen-bond acceptors (Lipinski definition) is 22. The highest BCUT2D eigenvalue weighted by Gasteiger charge is 2.69. The molecule has 4 aliphatic heterocycles. The van der Waals surface area contributed by atoms with Gasteiger partial charge in [-0.1, -0.05) is 0 Å². The molecule has 0 spiro atoms. The van der Waals surface area contributed by atoms with Crippen LogP contribution in [0.25, 0.3) is 0 Å². The lowest BCUT2D eigenvalue weighted by atomic mass is 9.70. The first-order chi connectivity index (χ1) is 25.7. The minimum atomic E-state index is -3.00. The Morgan fingerprint density at radius 3 is 1.80 bits per heavy atom. The third-order valence-corrected chi connectivity index (χ3v) is 10.5. The van der Waals surface area contributed by atoms with Crippen molar-refractivity contribution in [3.05, 3.63) is 0 Å². The average molecular weight is 807 g/mol. The van der Waals surface area contributed by atoms with Crippen molar-refractivity contribution in [1.82, 2.24) is 10.6 Å². The molecule has 0 aromatic heterocycles. The number of hydrogen-bond donors (Lipinski definition) is 17.